The Hall–Kier alpha value is -3.12. The molecule has 1 atom stereocenters. The van der Waals surface area contributed by atoms with Crippen molar-refractivity contribution < 1.29 is 4.79 Å². The van der Waals surface area contributed by atoms with Crippen LogP contribution in [0, 0.1) is 0 Å². The summed E-state index contributed by atoms with van der Waals surface area (Å²) in [4.78, 5) is 30.6. The highest BCUT2D eigenvalue weighted by atomic mass is 32.2. The number of para-hydroxylation sites is 1. The number of amides is 1. The van der Waals surface area contributed by atoms with Gasteiger partial charge < -0.3 is 5.32 Å². The number of aromatic nitrogens is 2. The van der Waals surface area contributed by atoms with Gasteiger partial charge in [-0.2, -0.15) is 0 Å². The molecule has 0 spiro atoms. The number of carbonyl (C=O) groups excluding carboxylic acids is 1. The first kappa shape index (κ1) is 20.2. The molecule has 1 amide bonds. The van der Waals surface area contributed by atoms with Crippen LogP contribution in [-0.2, 0) is 4.79 Å². The third-order valence-corrected chi connectivity index (χ3v) is 6.06. The molecule has 6 heteroatoms. The second-order valence-corrected chi connectivity index (χ2v) is 8.76. The van der Waals surface area contributed by atoms with Crippen LogP contribution in [0.1, 0.15) is 26.8 Å². The Morgan fingerprint density at radius 3 is 2.37 bits per heavy atom. The van der Waals surface area contributed by atoms with Crippen molar-refractivity contribution in [1.29, 1.82) is 0 Å². The van der Waals surface area contributed by atoms with Gasteiger partial charge in [-0.15, -0.1) is 0 Å². The molecule has 4 aromatic rings. The van der Waals surface area contributed by atoms with Gasteiger partial charge in [-0.1, -0.05) is 60.3 Å². The zero-order valence-electron chi connectivity index (χ0n) is 17.1. The van der Waals surface area contributed by atoms with Gasteiger partial charge in [-0.3, -0.25) is 14.2 Å². The van der Waals surface area contributed by atoms with Crippen molar-refractivity contribution in [3.8, 4) is 0 Å². The molecule has 0 bridgehead atoms. The van der Waals surface area contributed by atoms with Gasteiger partial charge in [-0.25, -0.2) is 4.98 Å². The summed E-state index contributed by atoms with van der Waals surface area (Å²) in [5, 5.41) is 5.80. The monoisotopic (exact) mass is 417 g/mol. The number of rotatable bonds is 5. The first-order chi connectivity index (χ1) is 14.5. The number of fused-ring (bicyclic) bond motifs is 2. The minimum atomic E-state index is -0.429. The fourth-order valence-corrected chi connectivity index (χ4v) is 4.48. The fraction of sp³-hybridized carbons (Fsp3) is 0.208. The summed E-state index contributed by atoms with van der Waals surface area (Å²) in [6, 6.07) is 21.0. The predicted molar refractivity (Wildman–Crippen MR) is 124 cm³/mol. The third-order valence-electron chi connectivity index (χ3n) is 4.99. The molecule has 1 aromatic heterocycles. The molecule has 0 aliphatic rings. The molecule has 0 radical (unpaired) electrons. The van der Waals surface area contributed by atoms with Crippen molar-refractivity contribution >= 4 is 45.0 Å². The second-order valence-electron chi connectivity index (χ2n) is 7.46. The molecule has 5 nitrogen and oxygen atoms in total. The van der Waals surface area contributed by atoms with Gasteiger partial charge in [0.15, 0.2) is 5.16 Å². The average molecular weight is 418 g/mol. The van der Waals surface area contributed by atoms with Gasteiger partial charge in [-0.05, 0) is 44.4 Å². The van der Waals surface area contributed by atoms with Crippen molar-refractivity contribution in [3.63, 3.8) is 0 Å². The van der Waals surface area contributed by atoms with E-state index in [9.17, 15) is 9.59 Å². The Bertz CT molecular complexity index is 1290. The highest BCUT2D eigenvalue weighted by Gasteiger charge is 2.21. The van der Waals surface area contributed by atoms with Crippen molar-refractivity contribution in [2.45, 2.75) is 37.2 Å². The lowest BCUT2D eigenvalue weighted by molar-refractivity contribution is -0.115. The van der Waals surface area contributed by atoms with E-state index in [0.717, 1.165) is 16.5 Å². The lowest BCUT2D eigenvalue weighted by atomic mass is 10.1. The van der Waals surface area contributed by atoms with Gasteiger partial charge in [0.25, 0.3) is 5.56 Å². The lowest BCUT2D eigenvalue weighted by Gasteiger charge is -2.19. The van der Waals surface area contributed by atoms with Gasteiger partial charge >= 0.3 is 0 Å². The summed E-state index contributed by atoms with van der Waals surface area (Å²) in [5.41, 5.74) is 1.33. The van der Waals surface area contributed by atoms with Crippen molar-refractivity contribution in [2.24, 2.45) is 0 Å². The standard InChI is InChI=1S/C24H23N3O2S/c1-15(2)27-23(29)19-12-6-7-13-21(19)26-24(27)30-16(3)22(28)25-20-14-8-10-17-9-4-5-11-18(17)20/h4-16H,1-3H3,(H,25,28)/t16-/m1/s1. The van der Waals surface area contributed by atoms with E-state index in [1.54, 1.807) is 10.6 Å². The van der Waals surface area contributed by atoms with E-state index in [-0.39, 0.29) is 17.5 Å². The largest absolute Gasteiger partial charge is 0.325 e. The maximum Gasteiger partial charge on any atom is 0.262 e. The van der Waals surface area contributed by atoms with E-state index in [0.29, 0.717) is 16.1 Å². The van der Waals surface area contributed by atoms with Crippen LogP contribution in [-0.4, -0.2) is 20.7 Å². The maximum absolute atomic E-state index is 13.0. The molecular weight excluding hydrogens is 394 g/mol. The molecule has 0 fully saturated rings. The number of hydrogen-bond donors (Lipinski definition) is 1. The molecule has 0 aliphatic carbocycles. The molecule has 1 heterocycles. The van der Waals surface area contributed by atoms with Gasteiger partial charge in [0.1, 0.15) is 0 Å². The number of anilines is 1. The summed E-state index contributed by atoms with van der Waals surface area (Å²) < 4.78 is 1.66. The quantitative estimate of drug-likeness (QED) is 0.356. The molecule has 30 heavy (non-hydrogen) atoms. The van der Waals surface area contributed by atoms with Gasteiger partial charge in [0.05, 0.1) is 16.2 Å². The van der Waals surface area contributed by atoms with E-state index >= 15 is 0 Å². The smallest absolute Gasteiger partial charge is 0.262 e. The molecule has 4 rings (SSSR count). The summed E-state index contributed by atoms with van der Waals surface area (Å²) in [6.45, 7) is 5.72. The summed E-state index contributed by atoms with van der Waals surface area (Å²) in [7, 11) is 0. The molecule has 3 aromatic carbocycles. The molecule has 0 saturated carbocycles. The predicted octanol–water partition coefficient (Wildman–Crippen LogP) is 5.25. The Kier molecular flexibility index (Phi) is 5.59. The normalized spacial score (nSPS) is 12.4. The number of thioether (sulfide) groups is 1. The van der Waals surface area contributed by atoms with E-state index in [4.69, 9.17) is 0 Å². The zero-order valence-corrected chi connectivity index (χ0v) is 17.9. The number of nitrogens with one attached hydrogen (secondary N) is 1. The number of carbonyl (C=O) groups is 1. The van der Waals surface area contributed by atoms with Crippen LogP contribution in [0.5, 0.6) is 0 Å². The van der Waals surface area contributed by atoms with Crippen molar-refractivity contribution in [2.75, 3.05) is 5.32 Å². The second kappa shape index (κ2) is 8.32. The van der Waals surface area contributed by atoms with Gasteiger partial charge in [0, 0.05) is 17.1 Å². The van der Waals surface area contributed by atoms with Crippen LogP contribution in [0.4, 0.5) is 5.69 Å². The van der Waals surface area contributed by atoms with Crippen LogP contribution in [0.25, 0.3) is 21.7 Å². The number of nitrogens with zero attached hydrogens (tertiary/aromatic N) is 2. The summed E-state index contributed by atoms with van der Waals surface area (Å²) in [5.74, 6) is -0.130. The first-order valence-electron chi connectivity index (χ1n) is 9.92. The van der Waals surface area contributed by atoms with Crippen LogP contribution in [0.2, 0.25) is 0 Å². The first-order valence-corrected chi connectivity index (χ1v) is 10.8. The minimum absolute atomic E-state index is 0.0644. The Balaban J connectivity index is 1.64. The van der Waals surface area contributed by atoms with E-state index in [1.165, 1.54) is 11.8 Å². The van der Waals surface area contributed by atoms with E-state index in [1.807, 2.05) is 81.4 Å². The van der Waals surface area contributed by atoms with Crippen LogP contribution < -0.4 is 10.9 Å². The Labute approximate surface area is 179 Å². The SMILES string of the molecule is CC(C)n1c(S[C@H](C)C(=O)Nc2cccc3ccccc23)nc2ccccc2c1=O. The number of benzene rings is 3. The Morgan fingerprint density at radius 2 is 1.60 bits per heavy atom. The Morgan fingerprint density at radius 1 is 0.933 bits per heavy atom. The topological polar surface area (TPSA) is 64.0 Å². The molecule has 152 valence electrons. The van der Waals surface area contributed by atoms with E-state index < -0.39 is 5.25 Å². The van der Waals surface area contributed by atoms with Crippen LogP contribution in [0.3, 0.4) is 0 Å². The van der Waals surface area contributed by atoms with E-state index in [2.05, 4.69) is 10.3 Å². The molecule has 0 aliphatic heterocycles. The number of hydrogen-bond acceptors (Lipinski definition) is 4. The minimum Gasteiger partial charge on any atom is -0.325 e. The maximum atomic E-state index is 13.0. The van der Waals surface area contributed by atoms with Crippen LogP contribution in [0.15, 0.2) is 76.7 Å². The fourth-order valence-electron chi connectivity index (χ4n) is 3.44. The molecule has 0 unspecified atom stereocenters. The molecule has 1 N–H and O–H groups in total. The average Bonchev–Trinajstić information content (AvgIpc) is 2.74. The molecular formula is C24H23N3O2S. The van der Waals surface area contributed by atoms with Crippen LogP contribution >= 0.6 is 11.8 Å². The zero-order chi connectivity index (χ0) is 21.3. The summed E-state index contributed by atoms with van der Waals surface area (Å²) >= 11 is 1.30. The molecule has 0 saturated heterocycles. The van der Waals surface area contributed by atoms with Crippen molar-refractivity contribution in [3.05, 3.63) is 77.1 Å². The van der Waals surface area contributed by atoms with Gasteiger partial charge in [0.2, 0.25) is 5.91 Å². The highest BCUT2D eigenvalue weighted by Crippen LogP contribution is 2.27. The van der Waals surface area contributed by atoms with Crippen molar-refractivity contribution in [1.82, 2.24) is 9.55 Å². The summed E-state index contributed by atoms with van der Waals surface area (Å²) in [6.07, 6.45) is 0. The highest BCUT2D eigenvalue weighted by molar-refractivity contribution is 8.00. The lowest BCUT2D eigenvalue weighted by Crippen LogP contribution is -2.28. The third kappa shape index (κ3) is 3.83.